The van der Waals surface area contributed by atoms with Crippen molar-refractivity contribution in [1.29, 1.82) is 0 Å². The number of nitrogens with one attached hydrogen (secondary N) is 3. The van der Waals surface area contributed by atoms with Gasteiger partial charge in [0.2, 0.25) is 0 Å². The number of ether oxygens (including phenoxy) is 2. The number of carbonyl (C=O) groups is 1. The molecule has 0 unspecified atom stereocenters. The fraction of sp³-hybridized carbons (Fsp3) is 0.0769. The molecule has 0 radical (unpaired) electrons. The molecule has 172 valence electrons. The van der Waals surface area contributed by atoms with Crippen molar-refractivity contribution in [2.45, 2.75) is 0 Å². The minimum atomic E-state index is -0.174. The summed E-state index contributed by atoms with van der Waals surface area (Å²) < 4.78 is 10.6. The van der Waals surface area contributed by atoms with Crippen molar-refractivity contribution in [3.8, 4) is 11.5 Å². The van der Waals surface area contributed by atoms with E-state index in [1.807, 2.05) is 54.6 Å². The highest BCUT2D eigenvalue weighted by Crippen LogP contribution is 2.36. The highest BCUT2D eigenvalue weighted by molar-refractivity contribution is 7.80. The van der Waals surface area contributed by atoms with Crippen LogP contribution in [0.4, 0.5) is 17.1 Å². The molecule has 0 aliphatic rings. The summed E-state index contributed by atoms with van der Waals surface area (Å²) in [5.74, 6) is 0.869. The van der Waals surface area contributed by atoms with Gasteiger partial charge in [-0.3, -0.25) is 4.79 Å². The third-order valence-electron chi connectivity index (χ3n) is 5.13. The van der Waals surface area contributed by atoms with E-state index in [4.69, 9.17) is 33.3 Å². The first-order valence-electron chi connectivity index (χ1n) is 10.4. The second-order valence-corrected chi connectivity index (χ2v) is 8.18. The zero-order valence-electron chi connectivity index (χ0n) is 18.5. The summed E-state index contributed by atoms with van der Waals surface area (Å²) in [6.45, 7) is 0. The number of methoxy groups -OCH3 is 2. The van der Waals surface area contributed by atoms with Crippen LogP contribution in [-0.2, 0) is 0 Å². The van der Waals surface area contributed by atoms with Crippen molar-refractivity contribution in [3.63, 3.8) is 0 Å². The van der Waals surface area contributed by atoms with E-state index >= 15 is 0 Å². The van der Waals surface area contributed by atoms with E-state index in [1.165, 1.54) is 7.11 Å². The molecule has 0 saturated carbocycles. The quantitative estimate of drug-likeness (QED) is 0.265. The lowest BCUT2D eigenvalue weighted by atomic mass is 10.1. The maximum atomic E-state index is 12.7. The number of amides is 1. The molecule has 34 heavy (non-hydrogen) atoms. The highest BCUT2D eigenvalue weighted by atomic mass is 35.5. The molecular formula is C26H22ClN3O3S. The number of fused-ring (bicyclic) bond motifs is 1. The van der Waals surface area contributed by atoms with Crippen molar-refractivity contribution in [3.05, 3.63) is 89.4 Å². The van der Waals surface area contributed by atoms with Crippen LogP contribution in [0, 0.1) is 0 Å². The zero-order chi connectivity index (χ0) is 24.1. The van der Waals surface area contributed by atoms with Crippen LogP contribution in [0.25, 0.3) is 10.8 Å². The molecule has 0 aromatic heterocycles. The Labute approximate surface area is 207 Å². The van der Waals surface area contributed by atoms with E-state index in [2.05, 4.69) is 16.0 Å². The van der Waals surface area contributed by atoms with E-state index in [0.29, 0.717) is 38.6 Å². The normalized spacial score (nSPS) is 10.4. The lowest BCUT2D eigenvalue weighted by molar-refractivity contribution is 0.102. The Balaban J connectivity index is 1.39. The van der Waals surface area contributed by atoms with Crippen molar-refractivity contribution in [1.82, 2.24) is 0 Å². The first-order valence-corrected chi connectivity index (χ1v) is 11.1. The molecule has 3 N–H and O–H groups in total. The molecule has 4 aromatic rings. The third-order valence-corrected chi connectivity index (χ3v) is 5.63. The van der Waals surface area contributed by atoms with Crippen LogP contribution in [-0.4, -0.2) is 25.2 Å². The zero-order valence-corrected chi connectivity index (χ0v) is 20.1. The standard InChI is InChI=1S/C26H22ClN3O3S/c1-32-23-15-24(33-2)22(14-21(23)27)30-26(34)29-20-11-9-19(10-12-20)28-25(31)18-8-7-16-5-3-4-6-17(16)13-18/h3-15H,1-2H3,(H,28,31)(H2,29,30,34). The fourth-order valence-electron chi connectivity index (χ4n) is 3.41. The average Bonchev–Trinajstić information content (AvgIpc) is 2.85. The fourth-order valence-corrected chi connectivity index (χ4v) is 3.88. The van der Waals surface area contributed by atoms with E-state index in [1.54, 1.807) is 31.4 Å². The molecule has 0 heterocycles. The number of benzene rings is 4. The molecule has 0 bridgehead atoms. The molecule has 0 atom stereocenters. The summed E-state index contributed by atoms with van der Waals surface area (Å²) in [7, 11) is 3.09. The Morgan fingerprint density at radius 1 is 0.765 bits per heavy atom. The van der Waals surface area contributed by atoms with Crippen molar-refractivity contribution >= 4 is 62.7 Å². The van der Waals surface area contributed by atoms with Gasteiger partial charge < -0.3 is 25.4 Å². The summed E-state index contributed by atoms with van der Waals surface area (Å²) in [6, 6.07) is 24.2. The molecule has 1 amide bonds. The third kappa shape index (κ3) is 5.39. The van der Waals surface area contributed by atoms with E-state index < -0.39 is 0 Å². The molecular weight excluding hydrogens is 470 g/mol. The lowest BCUT2D eigenvalue weighted by Gasteiger charge is -2.15. The maximum absolute atomic E-state index is 12.7. The summed E-state index contributed by atoms with van der Waals surface area (Å²) in [6.07, 6.45) is 0. The Hall–Kier alpha value is -3.81. The Morgan fingerprint density at radius 2 is 1.41 bits per heavy atom. The summed E-state index contributed by atoms with van der Waals surface area (Å²) in [5, 5.41) is 12.0. The highest BCUT2D eigenvalue weighted by Gasteiger charge is 2.12. The number of hydrogen-bond donors (Lipinski definition) is 3. The first-order chi connectivity index (χ1) is 16.5. The first kappa shape index (κ1) is 23.4. The molecule has 4 aromatic carbocycles. The SMILES string of the molecule is COc1cc(OC)c(NC(=S)Nc2ccc(NC(=O)c3ccc4ccccc4c3)cc2)cc1Cl. The second kappa shape index (κ2) is 10.4. The number of hydrogen-bond acceptors (Lipinski definition) is 4. The van der Waals surface area contributed by atoms with Crippen molar-refractivity contribution in [2.24, 2.45) is 0 Å². The minimum Gasteiger partial charge on any atom is -0.495 e. The summed E-state index contributed by atoms with van der Waals surface area (Å²) in [5.41, 5.74) is 2.62. The largest absolute Gasteiger partial charge is 0.495 e. The van der Waals surface area contributed by atoms with Gasteiger partial charge >= 0.3 is 0 Å². The van der Waals surface area contributed by atoms with Crippen molar-refractivity contribution in [2.75, 3.05) is 30.2 Å². The van der Waals surface area contributed by atoms with Crippen LogP contribution < -0.4 is 25.4 Å². The molecule has 0 spiro atoms. The number of halogens is 1. The smallest absolute Gasteiger partial charge is 0.255 e. The van der Waals surface area contributed by atoms with Crippen LogP contribution in [0.1, 0.15) is 10.4 Å². The van der Waals surface area contributed by atoms with Crippen molar-refractivity contribution < 1.29 is 14.3 Å². The van der Waals surface area contributed by atoms with Gasteiger partial charge in [0.25, 0.3) is 5.91 Å². The Bertz CT molecular complexity index is 1360. The van der Waals surface area contributed by atoms with Crippen LogP contribution >= 0.6 is 23.8 Å². The predicted octanol–water partition coefficient (Wildman–Crippen LogP) is 6.57. The predicted molar refractivity (Wildman–Crippen MR) is 143 cm³/mol. The van der Waals surface area contributed by atoms with Crippen LogP contribution in [0.5, 0.6) is 11.5 Å². The molecule has 0 fully saturated rings. The average molecular weight is 492 g/mol. The monoisotopic (exact) mass is 491 g/mol. The molecule has 6 nitrogen and oxygen atoms in total. The molecule has 0 aliphatic carbocycles. The number of rotatable bonds is 6. The van der Waals surface area contributed by atoms with Crippen LogP contribution in [0.3, 0.4) is 0 Å². The van der Waals surface area contributed by atoms with Gasteiger partial charge in [-0.15, -0.1) is 0 Å². The summed E-state index contributed by atoms with van der Waals surface area (Å²) >= 11 is 11.6. The Kier molecular flexibility index (Phi) is 7.15. The van der Waals surface area contributed by atoms with Gasteiger partial charge in [-0.25, -0.2) is 0 Å². The van der Waals surface area contributed by atoms with Gasteiger partial charge in [-0.2, -0.15) is 0 Å². The van der Waals surface area contributed by atoms with Gasteiger partial charge in [-0.1, -0.05) is 41.9 Å². The summed E-state index contributed by atoms with van der Waals surface area (Å²) in [4.78, 5) is 12.7. The second-order valence-electron chi connectivity index (χ2n) is 7.36. The molecule has 0 aliphatic heterocycles. The van der Waals surface area contributed by atoms with E-state index in [9.17, 15) is 4.79 Å². The van der Waals surface area contributed by atoms with Gasteiger partial charge in [-0.05, 0) is 65.5 Å². The van der Waals surface area contributed by atoms with E-state index in [-0.39, 0.29) is 5.91 Å². The number of anilines is 3. The van der Waals surface area contributed by atoms with Gasteiger partial charge in [0.1, 0.15) is 11.5 Å². The van der Waals surface area contributed by atoms with E-state index in [0.717, 1.165) is 16.5 Å². The van der Waals surface area contributed by atoms with Crippen LogP contribution in [0.15, 0.2) is 78.9 Å². The molecule has 8 heteroatoms. The number of thiocarbonyl (C=S) groups is 1. The topological polar surface area (TPSA) is 71.6 Å². The van der Waals surface area contributed by atoms with Crippen LogP contribution in [0.2, 0.25) is 5.02 Å². The Morgan fingerprint density at radius 3 is 2.09 bits per heavy atom. The van der Waals surface area contributed by atoms with Gasteiger partial charge in [0, 0.05) is 23.0 Å². The molecule has 4 rings (SSSR count). The maximum Gasteiger partial charge on any atom is 0.255 e. The van der Waals surface area contributed by atoms with Gasteiger partial charge in [0.05, 0.1) is 24.9 Å². The minimum absolute atomic E-state index is 0.174. The number of carbonyl (C=O) groups excluding carboxylic acids is 1. The lowest BCUT2D eigenvalue weighted by Crippen LogP contribution is -2.19. The molecule has 0 saturated heterocycles. The van der Waals surface area contributed by atoms with Gasteiger partial charge in [0.15, 0.2) is 5.11 Å².